The van der Waals surface area contributed by atoms with Gasteiger partial charge < -0.3 is 15.0 Å². The summed E-state index contributed by atoms with van der Waals surface area (Å²) in [6, 6.07) is 12.7. The number of ether oxygens (including phenoxy) is 1. The van der Waals surface area contributed by atoms with Crippen LogP contribution in [0.1, 0.15) is 50.3 Å². The summed E-state index contributed by atoms with van der Waals surface area (Å²) in [6.45, 7) is 9.98. The van der Waals surface area contributed by atoms with E-state index in [0.29, 0.717) is 23.7 Å². The van der Waals surface area contributed by atoms with E-state index in [4.69, 9.17) is 16.3 Å². The van der Waals surface area contributed by atoms with Crippen molar-refractivity contribution in [2.45, 2.75) is 66.1 Å². The van der Waals surface area contributed by atoms with Gasteiger partial charge in [-0.15, -0.1) is 0 Å². The van der Waals surface area contributed by atoms with Crippen molar-refractivity contribution in [1.29, 1.82) is 0 Å². The lowest BCUT2D eigenvalue weighted by Gasteiger charge is -2.31. The van der Waals surface area contributed by atoms with Crippen molar-refractivity contribution in [2.75, 3.05) is 6.61 Å². The first-order chi connectivity index (χ1) is 14.7. The number of rotatable bonds is 10. The van der Waals surface area contributed by atoms with Crippen molar-refractivity contribution in [1.82, 2.24) is 10.2 Å². The van der Waals surface area contributed by atoms with Crippen LogP contribution in [0.2, 0.25) is 5.02 Å². The van der Waals surface area contributed by atoms with E-state index in [0.717, 1.165) is 23.1 Å². The molecule has 0 radical (unpaired) electrons. The fraction of sp³-hybridized carbons (Fsp3) is 0.440. The van der Waals surface area contributed by atoms with Crippen molar-refractivity contribution >= 4 is 23.4 Å². The molecule has 0 aliphatic carbocycles. The average Bonchev–Trinajstić information content (AvgIpc) is 2.74. The highest BCUT2D eigenvalue weighted by molar-refractivity contribution is 6.31. The van der Waals surface area contributed by atoms with Crippen LogP contribution in [-0.4, -0.2) is 35.4 Å². The van der Waals surface area contributed by atoms with Gasteiger partial charge in [-0.1, -0.05) is 55.3 Å². The lowest BCUT2D eigenvalue weighted by molar-refractivity contribution is -0.143. The summed E-state index contributed by atoms with van der Waals surface area (Å²) in [4.78, 5) is 27.8. The van der Waals surface area contributed by atoms with Crippen LogP contribution < -0.4 is 10.1 Å². The van der Waals surface area contributed by atoms with Gasteiger partial charge in [0.05, 0.1) is 0 Å². The van der Waals surface area contributed by atoms with Crippen LogP contribution in [-0.2, 0) is 16.1 Å². The SMILES string of the molecule is CC[C@@H](C)NC(=O)[C@H](CC)N(Cc1cccc(C)c1)C(=O)COc1ccc(Cl)c(C)c1. The fourth-order valence-corrected chi connectivity index (χ4v) is 3.42. The number of nitrogens with one attached hydrogen (secondary N) is 1. The number of carbonyl (C=O) groups is 2. The maximum atomic E-state index is 13.2. The molecular weight excluding hydrogens is 412 g/mol. The zero-order valence-electron chi connectivity index (χ0n) is 19.1. The number of hydrogen-bond acceptors (Lipinski definition) is 3. The molecule has 0 bridgehead atoms. The number of nitrogens with zero attached hydrogens (tertiary/aromatic N) is 1. The smallest absolute Gasteiger partial charge is 0.261 e. The highest BCUT2D eigenvalue weighted by atomic mass is 35.5. The van der Waals surface area contributed by atoms with Gasteiger partial charge in [0, 0.05) is 17.6 Å². The number of aryl methyl sites for hydroxylation is 2. The number of halogens is 1. The molecule has 0 unspecified atom stereocenters. The summed E-state index contributed by atoms with van der Waals surface area (Å²) in [6.07, 6.45) is 1.34. The Kier molecular flexibility index (Phi) is 9.38. The van der Waals surface area contributed by atoms with Gasteiger partial charge in [-0.3, -0.25) is 9.59 Å². The van der Waals surface area contributed by atoms with E-state index < -0.39 is 6.04 Å². The van der Waals surface area contributed by atoms with E-state index in [1.54, 1.807) is 23.1 Å². The van der Waals surface area contributed by atoms with Crippen molar-refractivity contribution in [3.63, 3.8) is 0 Å². The third-order valence-electron chi connectivity index (χ3n) is 5.31. The first-order valence-corrected chi connectivity index (χ1v) is 11.2. The third kappa shape index (κ3) is 7.28. The van der Waals surface area contributed by atoms with E-state index in [-0.39, 0.29) is 24.5 Å². The Morgan fingerprint density at radius 2 is 1.84 bits per heavy atom. The maximum absolute atomic E-state index is 13.2. The van der Waals surface area contributed by atoms with Gasteiger partial charge >= 0.3 is 0 Å². The largest absolute Gasteiger partial charge is 0.484 e. The second kappa shape index (κ2) is 11.8. The lowest BCUT2D eigenvalue weighted by Crippen LogP contribution is -2.51. The molecule has 5 nitrogen and oxygen atoms in total. The number of carbonyl (C=O) groups excluding carboxylic acids is 2. The van der Waals surface area contributed by atoms with Crippen LogP contribution in [0.3, 0.4) is 0 Å². The van der Waals surface area contributed by atoms with Crippen LogP contribution in [0.15, 0.2) is 42.5 Å². The van der Waals surface area contributed by atoms with Gasteiger partial charge in [0.1, 0.15) is 11.8 Å². The molecule has 0 aliphatic rings. The minimum absolute atomic E-state index is 0.0470. The summed E-state index contributed by atoms with van der Waals surface area (Å²) >= 11 is 6.07. The highest BCUT2D eigenvalue weighted by Gasteiger charge is 2.29. The zero-order chi connectivity index (χ0) is 23.0. The van der Waals surface area contributed by atoms with Crippen molar-refractivity contribution in [3.8, 4) is 5.75 Å². The summed E-state index contributed by atoms with van der Waals surface area (Å²) < 4.78 is 5.74. The first-order valence-electron chi connectivity index (χ1n) is 10.8. The van der Waals surface area contributed by atoms with Crippen LogP contribution in [0.25, 0.3) is 0 Å². The van der Waals surface area contributed by atoms with Gasteiger partial charge in [0.25, 0.3) is 5.91 Å². The second-order valence-electron chi connectivity index (χ2n) is 7.95. The van der Waals surface area contributed by atoms with E-state index >= 15 is 0 Å². The normalized spacial score (nSPS) is 12.7. The third-order valence-corrected chi connectivity index (χ3v) is 5.74. The highest BCUT2D eigenvalue weighted by Crippen LogP contribution is 2.21. The minimum atomic E-state index is -0.572. The van der Waals surface area contributed by atoms with Crippen molar-refractivity contribution in [2.24, 2.45) is 0 Å². The molecule has 2 atom stereocenters. The Balaban J connectivity index is 2.22. The van der Waals surface area contributed by atoms with E-state index in [2.05, 4.69) is 5.32 Å². The Morgan fingerprint density at radius 3 is 2.45 bits per heavy atom. The van der Waals surface area contributed by atoms with Gasteiger partial charge in [0.15, 0.2) is 6.61 Å². The van der Waals surface area contributed by atoms with E-state index in [1.807, 2.05) is 58.9 Å². The molecular formula is C25H33ClN2O3. The summed E-state index contributed by atoms with van der Waals surface area (Å²) in [5.41, 5.74) is 2.96. The fourth-order valence-electron chi connectivity index (χ4n) is 3.30. The van der Waals surface area contributed by atoms with Gasteiger partial charge in [0.2, 0.25) is 5.91 Å². The average molecular weight is 445 g/mol. The van der Waals surface area contributed by atoms with Gasteiger partial charge in [-0.2, -0.15) is 0 Å². The molecule has 6 heteroatoms. The van der Waals surface area contributed by atoms with E-state index in [9.17, 15) is 9.59 Å². The molecule has 31 heavy (non-hydrogen) atoms. The van der Waals surface area contributed by atoms with Crippen molar-refractivity contribution in [3.05, 3.63) is 64.2 Å². The maximum Gasteiger partial charge on any atom is 0.261 e. The monoisotopic (exact) mass is 444 g/mol. The molecule has 0 spiro atoms. The number of hydrogen-bond donors (Lipinski definition) is 1. The Bertz CT molecular complexity index is 900. The molecule has 2 aromatic carbocycles. The van der Waals surface area contributed by atoms with Crippen molar-refractivity contribution < 1.29 is 14.3 Å². The predicted molar refractivity (Wildman–Crippen MR) is 125 cm³/mol. The number of amides is 2. The molecule has 168 valence electrons. The lowest BCUT2D eigenvalue weighted by atomic mass is 10.1. The zero-order valence-corrected chi connectivity index (χ0v) is 19.8. The molecule has 0 aromatic heterocycles. The Labute approximate surface area is 190 Å². The van der Waals surface area contributed by atoms with Gasteiger partial charge in [-0.25, -0.2) is 0 Å². The quantitative estimate of drug-likeness (QED) is 0.557. The minimum Gasteiger partial charge on any atom is -0.484 e. The van der Waals surface area contributed by atoms with Gasteiger partial charge in [-0.05, 0) is 62.9 Å². The van der Waals surface area contributed by atoms with Crippen LogP contribution >= 0.6 is 11.6 Å². The van der Waals surface area contributed by atoms with E-state index in [1.165, 1.54) is 0 Å². The molecule has 2 rings (SSSR count). The Hall–Kier alpha value is -2.53. The topological polar surface area (TPSA) is 58.6 Å². The molecule has 1 N–H and O–H groups in total. The molecule has 0 heterocycles. The molecule has 2 aromatic rings. The van der Waals surface area contributed by atoms with Crippen LogP contribution in [0.5, 0.6) is 5.75 Å². The molecule has 0 saturated carbocycles. The molecule has 0 aliphatic heterocycles. The molecule has 0 fully saturated rings. The number of benzene rings is 2. The second-order valence-corrected chi connectivity index (χ2v) is 8.36. The summed E-state index contributed by atoms with van der Waals surface area (Å²) in [5, 5.41) is 3.66. The predicted octanol–water partition coefficient (Wildman–Crippen LogP) is 5.06. The summed E-state index contributed by atoms with van der Waals surface area (Å²) in [7, 11) is 0. The van der Waals surface area contributed by atoms with Crippen LogP contribution in [0.4, 0.5) is 0 Å². The first kappa shape index (κ1) is 24.7. The standard InChI is InChI=1S/C25H33ClN2O3/c1-6-19(5)27-25(30)23(7-2)28(15-20-10-8-9-17(3)13-20)24(29)16-31-21-11-12-22(26)18(4)14-21/h8-14,19,23H,6-7,15-16H2,1-5H3,(H,27,30)/t19-,23+/m1/s1. The van der Waals surface area contributed by atoms with Crippen LogP contribution in [0, 0.1) is 13.8 Å². The molecule has 2 amide bonds. The summed E-state index contributed by atoms with van der Waals surface area (Å²) in [5.74, 6) is 0.198. The molecule has 0 saturated heterocycles. The Morgan fingerprint density at radius 1 is 1.10 bits per heavy atom.